The van der Waals surface area contributed by atoms with E-state index in [1.165, 1.54) is 26.2 Å². The number of methoxy groups -OCH3 is 1. The quantitative estimate of drug-likeness (QED) is 0.276. The monoisotopic (exact) mass is 484 g/mol. The molecular weight excluding hydrogens is 464 g/mol. The van der Waals surface area contributed by atoms with Gasteiger partial charge in [0.25, 0.3) is 5.91 Å². The minimum absolute atomic E-state index is 0.0154. The Morgan fingerprint density at radius 2 is 1.85 bits per heavy atom. The Labute approximate surface area is 200 Å². The van der Waals surface area contributed by atoms with Gasteiger partial charge in [-0.15, -0.1) is 0 Å². The first-order valence-electron chi connectivity index (χ1n) is 10.1. The number of carbonyl (C=O) groups is 3. The van der Waals surface area contributed by atoms with Crippen LogP contribution >= 0.6 is 11.6 Å². The third-order valence-corrected chi connectivity index (χ3v) is 4.65. The van der Waals surface area contributed by atoms with Gasteiger partial charge in [-0.2, -0.15) is 0 Å². The number of nitrogens with zero attached hydrogens (tertiary/aromatic N) is 1. The molecule has 0 aliphatic rings. The lowest BCUT2D eigenvalue weighted by atomic mass is 10.1. The minimum atomic E-state index is -0.696. The van der Waals surface area contributed by atoms with Crippen LogP contribution in [-0.2, 0) is 14.3 Å². The van der Waals surface area contributed by atoms with Crippen LogP contribution in [0.4, 0.5) is 5.88 Å². The molecular formula is C24H21ClN2O7. The van der Waals surface area contributed by atoms with Crippen molar-refractivity contribution in [2.75, 3.05) is 19.0 Å². The molecule has 10 heteroatoms. The summed E-state index contributed by atoms with van der Waals surface area (Å²) in [6.45, 7) is 3.07. The molecule has 34 heavy (non-hydrogen) atoms. The number of aromatic nitrogens is 1. The highest BCUT2D eigenvalue weighted by atomic mass is 35.5. The van der Waals surface area contributed by atoms with Crippen LogP contribution in [0.3, 0.4) is 0 Å². The summed E-state index contributed by atoms with van der Waals surface area (Å²) in [5.74, 6) is -1.33. The molecule has 0 radical (unpaired) electrons. The number of rotatable bonds is 8. The normalized spacial score (nSPS) is 10.7. The Morgan fingerprint density at radius 3 is 2.50 bits per heavy atom. The molecule has 1 amide bonds. The zero-order chi connectivity index (χ0) is 24.7. The summed E-state index contributed by atoms with van der Waals surface area (Å²) in [6.07, 6.45) is 2.75. The van der Waals surface area contributed by atoms with Crippen LogP contribution < -0.4 is 14.8 Å². The lowest BCUT2D eigenvalue weighted by Crippen LogP contribution is -2.13. The number of nitrogens with one attached hydrogen (secondary N) is 1. The summed E-state index contributed by atoms with van der Waals surface area (Å²) in [5, 5.41) is 6.95. The van der Waals surface area contributed by atoms with Crippen LogP contribution in [0, 0.1) is 0 Å². The molecule has 3 rings (SSSR count). The second-order valence-electron chi connectivity index (χ2n) is 6.79. The first kappa shape index (κ1) is 24.5. The van der Waals surface area contributed by atoms with Crippen molar-refractivity contribution in [3.8, 4) is 22.8 Å². The molecule has 0 atom stereocenters. The fourth-order valence-corrected chi connectivity index (χ4v) is 3.05. The number of esters is 2. The van der Waals surface area contributed by atoms with Crippen molar-refractivity contribution >= 4 is 41.4 Å². The van der Waals surface area contributed by atoms with E-state index < -0.39 is 17.8 Å². The van der Waals surface area contributed by atoms with Crippen LogP contribution in [0.15, 0.2) is 53.1 Å². The Bertz CT molecular complexity index is 1230. The number of hydrogen-bond acceptors (Lipinski definition) is 8. The van der Waals surface area contributed by atoms with Gasteiger partial charge in [0.05, 0.1) is 13.7 Å². The van der Waals surface area contributed by atoms with E-state index in [9.17, 15) is 14.4 Å². The van der Waals surface area contributed by atoms with Gasteiger partial charge >= 0.3 is 11.9 Å². The van der Waals surface area contributed by atoms with Gasteiger partial charge < -0.3 is 18.7 Å². The average Bonchev–Trinajstić information content (AvgIpc) is 3.22. The van der Waals surface area contributed by atoms with Crippen LogP contribution in [0.1, 0.15) is 29.8 Å². The maximum atomic E-state index is 12.6. The number of ether oxygens (including phenoxy) is 3. The predicted molar refractivity (Wildman–Crippen MR) is 125 cm³/mol. The number of amides is 1. The van der Waals surface area contributed by atoms with Crippen molar-refractivity contribution in [3.05, 3.63) is 64.7 Å². The number of anilines is 1. The number of benzene rings is 2. The van der Waals surface area contributed by atoms with Gasteiger partial charge in [0, 0.05) is 23.6 Å². The number of hydrogen-bond donors (Lipinski definition) is 1. The summed E-state index contributed by atoms with van der Waals surface area (Å²) < 4.78 is 20.6. The molecule has 0 bridgehead atoms. The molecule has 0 unspecified atom stereocenters. The largest absolute Gasteiger partial charge is 0.493 e. The van der Waals surface area contributed by atoms with Gasteiger partial charge in [-0.05, 0) is 42.8 Å². The molecule has 176 valence electrons. The van der Waals surface area contributed by atoms with Crippen LogP contribution in [0.5, 0.6) is 11.5 Å². The summed E-state index contributed by atoms with van der Waals surface area (Å²) in [7, 11) is 1.43. The molecule has 0 spiro atoms. The number of halogens is 1. The summed E-state index contributed by atoms with van der Waals surface area (Å²) >= 11 is 5.93. The van der Waals surface area contributed by atoms with Gasteiger partial charge in [0.2, 0.25) is 5.88 Å². The van der Waals surface area contributed by atoms with Crippen LogP contribution in [-0.4, -0.2) is 36.7 Å². The van der Waals surface area contributed by atoms with Crippen molar-refractivity contribution < 1.29 is 33.1 Å². The van der Waals surface area contributed by atoms with Crippen molar-refractivity contribution in [1.29, 1.82) is 0 Å². The highest BCUT2D eigenvalue weighted by Gasteiger charge is 2.26. The Balaban J connectivity index is 1.83. The van der Waals surface area contributed by atoms with Gasteiger partial charge in [-0.25, -0.2) is 4.79 Å². The topological polar surface area (TPSA) is 117 Å². The van der Waals surface area contributed by atoms with Gasteiger partial charge in [-0.3, -0.25) is 14.9 Å². The second-order valence-corrected chi connectivity index (χ2v) is 7.23. The van der Waals surface area contributed by atoms with E-state index in [0.717, 1.165) is 0 Å². The van der Waals surface area contributed by atoms with E-state index >= 15 is 0 Å². The first-order chi connectivity index (χ1) is 16.3. The highest BCUT2D eigenvalue weighted by Crippen LogP contribution is 2.31. The summed E-state index contributed by atoms with van der Waals surface area (Å²) in [5.41, 5.74) is 1.36. The Hall–Kier alpha value is -4.11. The number of carbonyl (C=O) groups excluding carboxylic acids is 3. The molecule has 1 aromatic heterocycles. The van der Waals surface area contributed by atoms with Gasteiger partial charge in [0.1, 0.15) is 5.69 Å². The van der Waals surface area contributed by atoms with E-state index in [1.807, 2.05) is 0 Å². The summed E-state index contributed by atoms with van der Waals surface area (Å²) in [6, 6.07) is 11.4. The molecule has 1 heterocycles. The smallest absolute Gasteiger partial charge is 0.346 e. The lowest BCUT2D eigenvalue weighted by molar-refractivity contribution is -0.132. The SMILES string of the molecule is CCOC(=O)c1c(-c2ccc(Cl)cc2)noc1NC(=O)/C=C/c1ccc(OC(C)=O)c(OC)c1. The first-order valence-corrected chi connectivity index (χ1v) is 10.5. The van der Waals surface area contributed by atoms with E-state index in [2.05, 4.69) is 10.5 Å². The third-order valence-electron chi connectivity index (χ3n) is 4.39. The van der Waals surface area contributed by atoms with Crippen molar-refractivity contribution in [1.82, 2.24) is 5.16 Å². The fraction of sp³-hybridized carbons (Fsp3) is 0.167. The maximum Gasteiger partial charge on any atom is 0.346 e. The van der Waals surface area contributed by atoms with E-state index in [0.29, 0.717) is 21.9 Å². The highest BCUT2D eigenvalue weighted by molar-refractivity contribution is 6.30. The minimum Gasteiger partial charge on any atom is -0.493 e. The van der Waals surface area contributed by atoms with Gasteiger partial charge in [-0.1, -0.05) is 35.0 Å². The Kier molecular flexibility index (Phi) is 8.05. The Morgan fingerprint density at radius 1 is 1.12 bits per heavy atom. The molecule has 1 N–H and O–H groups in total. The summed E-state index contributed by atoms with van der Waals surface area (Å²) in [4.78, 5) is 36.3. The van der Waals surface area contributed by atoms with E-state index in [1.54, 1.807) is 49.4 Å². The van der Waals surface area contributed by atoms with Crippen LogP contribution in [0.25, 0.3) is 17.3 Å². The molecule has 9 nitrogen and oxygen atoms in total. The van der Waals surface area contributed by atoms with Crippen LogP contribution in [0.2, 0.25) is 5.02 Å². The molecule has 0 aliphatic carbocycles. The molecule has 2 aromatic carbocycles. The molecule has 3 aromatic rings. The zero-order valence-corrected chi connectivity index (χ0v) is 19.3. The fourth-order valence-electron chi connectivity index (χ4n) is 2.93. The van der Waals surface area contributed by atoms with E-state index in [-0.39, 0.29) is 29.5 Å². The predicted octanol–water partition coefficient (Wildman–Crippen LogP) is 4.76. The van der Waals surface area contributed by atoms with Crippen molar-refractivity contribution in [3.63, 3.8) is 0 Å². The molecule has 0 aliphatic heterocycles. The molecule has 0 fully saturated rings. The maximum absolute atomic E-state index is 12.6. The van der Waals surface area contributed by atoms with E-state index in [4.69, 9.17) is 30.3 Å². The zero-order valence-electron chi connectivity index (χ0n) is 18.6. The lowest BCUT2D eigenvalue weighted by Gasteiger charge is -2.08. The van der Waals surface area contributed by atoms with Crippen molar-refractivity contribution in [2.24, 2.45) is 0 Å². The average molecular weight is 485 g/mol. The van der Waals surface area contributed by atoms with Crippen molar-refractivity contribution in [2.45, 2.75) is 13.8 Å². The van der Waals surface area contributed by atoms with Gasteiger partial charge in [0.15, 0.2) is 17.1 Å². The molecule has 0 saturated carbocycles. The second kappa shape index (κ2) is 11.2. The third kappa shape index (κ3) is 6.02. The standard InChI is InChI=1S/C24H21ClN2O7/c1-4-32-24(30)21-22(16-7-9-17(25)10-8-16)27-34-23(21)26-20(29)12-6-15-5-11-18(33-14(2)28)19(13-15)31-3/h5-13H,4H2,1-3H3,(H,26,29)/b12-6+. The molecule has 0 saturated heterocycles.